The highest BCUT2D eigenvalue weighted by molar-refractivity contribution is 7.00. The lowest BCUT2D eigenvalue weighted by Crippen LogP contribution is -2.61. The average Bonchev–Trinajstić information content (AvgIpc) is 3.23. The number of anilines is 6. The minimum Gasteiger partial charge on any atom is -0.311 e. The van der Waals surface area contributed by atoms with Crippen LogP contribution in [-0.4, -0.2) is 6.71 Å². The minimum absolute atomic E-state index is 0.000608. The molecule has 3 heteroatoms. The largest absolute Gasteiger partial charge is 0.311 e. The van der Waals surface area contributed by atoms with E-state index < -0.39 is 0 Å². The fraction of sp³-hybridized carbons (Fsp3) is 0.263. The van der Waals surface area contributed by atoms with Gasteiger partial charge in [0.1, 0.15) is 0 Å². The summed E-state index contributed by atoms with van der Waals surface area (Å²) >= 11 is 0. The molecule has 0 aromatic heterocycles. The molecule has 300 valence electrons. The fourth-order valence-corrected chi connectivity index (χ4v) is 9.73. The Kier molecular flexibility index (Phi) is 9.36. The molecule has 0 radical (unpaired) electrons. The van der Waals surface area contributed by atoms with Crippen LogP contribution in [0, 0.1) is 6.92 Å². The summed E-state index contributed by atoms with van der Waals surface area (Å²) < 4.78 is 0. The first-order valence-electron chi connectivity index (χ1n) is 21.8. The van der Waals surface area contributed by atoms with E-state index in [1.165, 1.54) is 89.5 Å². The second-order valence-electron chi connectivity index (χ2n) is 20.5. The van der Waals surface area contributed by atoms with Gasteiger partial charge in [-0.3, -0.25) is 0 Å². The molecule has 0 bridgehead atoms. The average molecular weight is 783 g/mol. The molecule has 0 spiro atoms. The van der Waals surface area contributed by atoms with Crippen LogP contribution in [0.15, 0.2) is 158 Å². The van der Waals surface area contributed by atoms with E-state index in [-0.39, 0.29) is 28.4 Å². The summed E-state index contributed by atoms with van der Waals surface area (Å²) in [5.41, 5.74) is 20.1. The van der Waals surface area contributed by atoms with Crippen LogP contribution in [0.5, 0.6) is 0 Å². The highest BCUT2D eigenvalue weighted by atomic mass is 15.2. The Bertz CT molecular complexity index is 2720. The van der Waals surface area contributed by atoms with E-state index in [4.69, 9.17) is 0 Å². The lowest BCUT2D eigenvalue weighted by Gasteiger charge is -2.45. The maximum atomic E-state index is 2.58. The maximum absolute atomic E-state index is 2.58. The molecule has 0 aliphatic carbocycles. The molecule has 2 aliphatic heterocycles. The van der Waals surface area contributed by atoms with Gasteiger partial charge in [0, 0.05) is 45.0 Å². The summed E-state index contributed by atoms with van der Waals surface area (Å²) in [5.74, 6) is 0. The van der Waals surface area contributed by atoms with Crippen LogP contribution in [0.25, 0.3) is 0 Å². The lowest BCUT2D eigenvalue weighted by atomic mass is 9.33. The molecule has 0 fully saturated rings. The van der Waals surface area contributed by atoms with Gasteiger partial charge in [-0.15, -0.1) is 0 Å². The van der Waals surface area contributed by atoms with Gasteiger partial charge in [0.25, 0.3) is 6.71 Å². The zero-order chi connectivity index (χ0) is 42.4. The van der Waals surface area contributed by atoms with Gasteiger partial charge in [-0.2, -0.15) is 0 Å². The Morgan fingerprint density at radius 1 is 0.350 bits per heavy atom. The predicted octanol–water partition coefficient (Wildman–Crippen LogP) is 13.3. The number of hydrogen-bond donors (Lipinski definition) is 0. The van der Waals surface area contributed by atoms with Crippen LogP contribution in [0.2, 0.25) is 0 Å². The Labute approximate surface area is 360 Å². The first-order chi connectivity index (χ1) is 28.4. The van der Waals surface area contributed by atoms with Gasteiger partial charge in [0.15, 0.2) is 0 Å². The van der Waals surface area contributed by atoms with Crippen molar-refractivity contribution in [1.82, 2.24) is 0 Å². The second-order valence-corrected chi connectivity index (χ2v) is 20.5. The molecule has 0 amide bonds. The second kappa shape index (κ2) is 14.2. The van der Waals surface area contributed by atoms with E-state index in [0.29, 0.717) is 0 Å². The molecule has 2 nitrogen and oxygen atoms in total. The lowest BCUT2D eigenvalue weighted by molar-refractivity contribution is 0.590. The van der Waals surface area contributed by atoms with Gasteiger partial charge in [0.05, 0.1) is 0 Å². The maximum Gasteiger partial charge on any atom is 0.252 e. The van der Waals surface area contributed by atoms with Crippen molar-refractivity contribution < 1.29 is 0 Å². The van der Waals surface area contributed by atoms with Crippen molar-refractivity contribution in [2.45, 2.75) is 97.8 Å². The number of benzene rings is 7. The first kappa shape index (κ1) is 39.7. The molecule has 60 heavy (non-hydrogen) atoms. The zero-order valence-corrected chi connectivity index (χ0v) is 37.5. The van der Waals surface area contributed by atoms with Gasteiger partial charge in [0.2, 0.25) is 0 Å². The third kappa shape index (κ3) is 6.58. The molecule has 9 rings (SSSR count). The van der Waals surface area contributed by atoms with E-state index in [2.05, 4.69) is 244 Å². The quantitative estimate of drug-likeness (QED) is 0.155. The number of nitrogens with zero attached hydrogens (tertiary/aromatic N) is 2. The molecule has 7 aromatic carbocycles. The summed E-state index contributed by atoms with van der Waals surface area (Å²) in [6.45, 7) is 25.7. The van der Waals surface area contributed by atoms with Gasteiger partial charge >= 0.3 is 0 Å². The van der Waals surface area contributed by atoms with Crippen molar-refractivity contribution in [1.29, 1.82) is 0 Å². The monoisotopic (exact) mass is 782 g/mol. The standard InChI is InChI=1S/C57H59BN2/c1-38-32-51-53-52(33-38)60(46-27-19-25-43(35-46)56(8,9)39-20-14-12-15-21-39)49-36-42(55(5,6)7)28-30-47(49)58(53)48-31-29-44(57(10,11)40-22-16-13-17-23-40)37-50(48)59(51)45-26-18-24-41(34-45)54(2,3)4/h12-37H,1-11H3. The van der Waals surface area contributed by atoms with Gasteiger partial charge in [-0.25, -0.2) is 0 Å². The van der Waals surface area contributed by atoms with Crippen molar-refractivity contribution in [3.05, 3.63) is 197 Å². The predicted molar refractivity (Wildman–Crippen MR) is 260 cm³/mol. The summed E-state index contributed by atoms with van der Waals surface area (Å²) in [4.78, 5) is 5.16. The Morgan fingerprint density at radius 2 is 0.733 bits per heavy atom. The summed E-state index contributed by atoms with van der Waals surface area (Å²) in [6.07, 6.45) is 0. The number of aryl methyl sites for hydroxylation is 1. The molecule has 2 heterocycles. The van der Waals surface area contributed by atoms with Gasteiger partial charge in [-0.05, 0) is 122 Å². The molecule has 0 unspecified atom stereocenters. The Balaban J connectivity index is 1.34. The molecular weight excluding hydrogens is 723 g/mol. The number of fused-ring (bicyclic) bond motifs is 4. The van der Waals surface area contributed by atoms with Crippen LogP contribution in [-0.2, 0) is 21.7 Å². The summed E-state index contributed by atoms with van der Waals surface area (Å²) in [5, 5.41) is 0. The minimum atomic E-state index is -0.200. The number of rotatable bonds is 6. The molecular formula is C57H59BN2. The molecule has 7 aromatic rings. The molecule has 2 aliphatic rings. The third-order valence-electron chi connectivity index (χ3n) is 13.6. The fourth-order valence-electron chi connectivity index (χ4n) is 9.73. The highest BCUT2D eigenvalue weighted by Crippen LogP contribution is 2.47. The van der Waals surface area contributed by atoms with Crippen LogP contribution in [0.1, 0.15) is 108 Å². The molecule has 0 N–H and O–H groups in total. The van der Waals surface area contributed by atoms with Gasteiger partial charge < -0.3 is 9.80 Å². The van der Waals surface area contributed by atoms with E-state index in [1.807, 2.05) is 0 Å². The zero-order valence-electron chi connectivity index (χ0n) is 37.5. The van der Waals surface area contributed by atoms with Crippen LogP contribution in [0.3, 0.4) is 0 Å². The Morgan fingerprint density at radius 3 is 1.22 bits per heavy atom. The molecule has 0 saturated carbocycles. The normalized spacial score (nSPS) is 13.8. The first-order valence-corrected chi connectivity index (χ1v) is 21.8. The Hall–Kier alpha value is -5.80. The van der Waals surface area contributed by atoms with Crippen molar-refractivity contribution in [2.24, 2.45) is 0 Å². The molecule has 0 saturated heterocycles. The summed E-state index contributed by atoms with van der Waals surface area (Å²) in [7, 11) is 0. The van der Waals surface area contributed by atoms with Gasteiger partial charge in [-0.1, -0.05) is 178 Å². The number of hydrogen-bond acceptors (Lipinski definition) is 2. The smallest absolute Gasteiger partial charge is 0.252 e. The van der Waals surface area contributed by atoms with Crippen LogP contribution in [0.4, 0.5) is 34.1 Å². The summed E-state index contributed by atoms with van der Waals surface area (Å²) in [6, 6.07) is 60.0. The van der Waals surface area contributed by atoms with Crippen molar-refractivity contribution in [3.63, 3.8) is 0 Å². The van der Waals surface area contributed by atoms with Crippen LogP contribution >= 0.6 is 0 Å². The van der Waals surface area contributed by atoms with Crippen molar-refractivity contribution >= 4 is 57.2 Å². The highest BCUT2D eigenvalue weighted by Gasteiger charge is 2.44. The van der Waals surface area contributed by atoms with Crippen molar-refractivity contribution in [3.8, 4) is 0 Å². The van der Waals surface area contributed by atoms with Crippen LogP contribution < -0.4 is 26.2 Å². The van der Waals surface area contributed by atoms with E-state index in [0.717, 1.165) is 0 Å². The van der Waals surface area contributed by atoms with Crippen molar-refractivity contribution in [2.75, 3.05) is 9.80 Å². The van der Waals surface area contributed by atoms with E-state index in [9.17, 15) is 0 Å². The van der Waals surface area contributed by atoms with E-state index >= 15 is 0 Å². The SMILES string of the molecule is Cc1cc2c3c(c1)N(c1cccc(C(C)(C)C)c1)c1cc(C(C)(C)c4ccccc4)ccc1B3c1ccc(C(C)(C)C)cc1N2c1cccc(C(C)(C)c2ccccc2)c1. The molecule has 0 atom stereocenters. The third-order valence-corrected chi connectivity index (χ3v) is 13.6. The van der Waals surface area contributed by atoms with E-state index in [1.54, 1.807) is 0 Å². The topological polar surface area (TPSA) is 6.48 Å².